The number of ether oxygens (including phenoxy) is 2. The van der Waals surface area contributed by atoms with Gasteiger partial charge in [0.1, 0.15) is 6.61 Å². The lowest BCUT2D eigenvalue weighted by Crippen LogP contribution is -2.43. The van der Waals surface area contributed by atoms with Gasteiger partial charge in [-0.3, -0.25) is 9.69 Å². The molecule has 1 N–H and O–H groups in total. The molecule has 0 aromatic heterocycles. The third-order valence-corrected chi connectivity index (χ3v) is 5.51. The van der Waals surface area contributed by atoms with Gasteiger partial charge in [0.05, 0.1) is 0 Å². The van der Waals surface area contributed by atoms with E-state index in [-0.39, 0.29) is 12.5 Å². The van der Waals surface area contributed by atoms with Gasteiger partial charge in [0.2, 0.25) is 6.10 Å². The molecule has 1 fully saturated rings. The van der Waals surface area contributed by atoms with Crippen molar-refractivity contribution < 1.29 is 14.3 Å². The number of nitrogens with one attached hydrogen (secondary N) is 1. The van der Waals surface area contributed by atoms with Crippen molar-refractivity contribution in [3.63, 3.8) is 0 Å². The molecule has 2 atom stereocenters. The number of para-hydroxylation sites is 2. The highest BCUT2D eigenvalue weighted by molar-refractivity contribution is 5.81. The van der Waals surface area contributed by atoms with E-state index in [9.17, 15) is 4.79 Å². The summed E-state index contributed by atoms with van der Waals surface area (Å²) in [6, 6.07) is 15.8. The second-order valence-corrected chi connectivity index (χ2v) is 7.83. The van der Waals surface area contributed by atoms with Crippen molar-refractivity contribution in [3.8, 4) is 11.5 Å². The van der Waals surface area contributed by atoms with Crippen LogP contribution in [0.4, 0.5) is 0 Å². The fourth-order valence-corrected chi connectivity index (χ4v) is 4.00. The molecule has 2 aliphatic rings. The molecule has 5 nitrogen and oxygen atoms in total. The molecule has 2 aromatic carbocycles. The summed E-state index contributed by atoms with van der Waals surface area (Å²) in [5.41, 5.74) is 2.44. The van der Waals surface area contributed by atoms with Gasteiger partial charge in [-0.15, -0.1) is 0 Å². The standard InChI is InChI=1S/C23H28N2O3/c1-17-7-6-12-25(14-17)15-19-9-3-2-8-18(19)13-24-23(26)22-16-27-20-10-4-5-11-21(20)28-22/h2-5,8-11,17,22H,6-7,12-16H2,1H3,(H,24,26). The maximum Gasteiger partial charge on any atom is 0.264 e. The SMILES string of the molecule is CC1CCCN(Cc2ccccc2CNC(=O)C2COc3ccccc3O2)C1. The van der Waals surface area contributed by atoms with E-state index in [1.54, 1.807) is 0 Å². The minimum Gasteiger partial charge on any atom is -0.485 e. The van der Waals surface area contributed by atoms with Crippen molar-refractivity contribution in [2.24, 2.45) is 5.92 Å². The van der Waals surface area contributed by atoms with Crippen LogP contribution in [0, 0.1) is 5.92 Å². The van der Waals surface area contributed by atoms with E-state index in [0.717, 1.165) is 31.1 Å². The quantitative estimate of drug-likeness (QED) is 0.864. The molecule has 1 saturated heterocycles. The van der Waals surface area contributed by atoms with E-state index in [4.69, 9.17) is 9.47 Å². The highest BCUT2D eigenvalue weighted by Crippen LogP contribution is 2.30. The Morgan fingerprint density at radius 3 is 2.68 bits per heavy atom. The Bertz CT molecular complexity index is 823. The summed E-state index contributed by atoms with van der Waals surface area (Å²) in [5, 5.41) is 3.02. The Hall–Kier alpha value is -2.53. The minimum atomic E-state index is -0.620. The first-order valence-electron chi connectivity index (χ1n) is 10.1. The fourth-order valence-electron chi connectivity index (χ4n) is 4.00. The summed E-state index contributed by atoms with van der Waals surface area (Å²) in [7, 11) is 0. The number of nitrogens with zero attached hydrogens (tertiary/aromatic N) is 1. The lowest BCUT2D eigenvalue weighted by molar-refractivity contribution is -0.130. The first-order valence-corrected chi connectivity index (χ1v) is 10.1. The summed E-state index contributed by atoms with van der Waals surface area (Å²) in [6.07, 6.45) is 1.96. The molecule has 2 heterocycles. The fraction of sp³-hybridized carbons (Fsp3) is 0.435. The van der Waals surface area contributed by atoms with Gasteiger partial charge in [0, 0.05) is 19.6 Å². The number of benzene rings is 2. The second kappa shape index (κ2) is 8.65. The van der Waals surface area contributed by atoms with Crippen LogP contribution in [0.3, 0.4) is 0 Å². The third-order valence-electron chi connectivity index (χ3n) is 5.51. The number of rotatable bonds is 5. The van der Waals surface area contributed by atoms with Crippen LogP contribution >= 0.6 is 0 Å². The van der Waals surface area contributed by atoms with E-state index in [1.165, 1.54) is 18.4 Å². The summed E-state index contributed by atoms with van der Waals surface area (Å²) in [4.78, 5) is 15.1. The Kier molecular flexibility index (Phi) is 5.81. The smallest absolute Gasteiger partial charge is 0.264 e. The van der Waals surface area contributed by atoms with E-state index in [0.29, 0.717) is 18.0 Å². The van der Waals surface area contributed by atoms with Gasteiger partial charge in [-0.05, 0) is 48.6 Å². The Morgan fingerprint density at radius 2 is 1.86 bits per heavy atom. The second-order valence-electron chi connectivity index (χ2n) is 7.83. The van der Waals surface area contributed by atoms with Crippen molar-refractivity contribution in [3.05, 3.63) is 59.7 Å². The van der Waals surface area contributed by atoms with Gasteiger partial charge in [0.25, 0.3) is 5.91 Å². The van der Waals surface area contributed by atoms with Crippen molar-refractivity contribution in [2.45, 2.75) is 39.0 Å². The van der Waals surface area contributed by atoms with Crippen LogP contribution in [0.5, 0.6) is 11.5 Å². The minimum absolute atomic E-state index is 0.143. The van der Waals surface area contributed by atoms with Gasteiger partial charge in [-0.1, -0.05) is 43.3 Å². The topological polar surface area (TPSA) is 50.8 Å². The van der Waals surface area contributed by atoms with Gasteiger partial charge in [-0.25, -0.2) is 0 Å². The molecule has 2 aromatic rings. The largest absolute Gasteiger partial charge is 0.485 e. The predicted octanol–water partition coefficient (Wildman–Crippen LogP) is 3.37. The van der Waals surface area contributed by atoms with Crippen LogP contribution < -0.4 is 14.8 Å². The summed E-state index contributed by atoms with van der Waals surface area (Å²) in [5.74, 6) is 1.92. The van der Waals surface area contributed by atoms with E-state index in [1.807, 2.05) is 30.3 Å². The van der Waals surface area contributed by atoms with Crippen molar-refractivity contribution in [1.82, 2.24) is 10.2 Å². The molecule has 2 aliphatic heterocycles. The van der Waals surface area contributed by atoms with Crippen LogP contribution in [0.2, 0.25) is 0 Å². The molecule has 0 spiro atoms. The number of piperidine rings is 1. The zero-order valence-corrected chi connectivity index (χ0v) is 16.4. The molecule has 2 unspecified atom stereocenters. The lowest BCUT2D eigenvalue weighted by atomic mass is 9.99. The van der Waals surface area contributed by atoms with E-state index in [2.05, 4.69) is 35.3 Å². The maximum atomic E-state index is 12.6. The van der Waals surface area contributed by atoms with Crippen LogP contribution in [0.15, 0.2) is 48.5 Å². The molecule has 0 aliphatic carbocycles. The number of hydrogen-bond donors (Lipinski definition) is 1. The van der Waals surface area contributed by atoms with Crippen LogP contribution in [-0.2, 0) is 17.9 Å². The number of likely N-dealkylation sites (tertiary alicyclic amines) is 1. The first-order chi connectivity index (χ1) is 13.7. The van der Waals surface area contributed by atoms with Gasteiger partial charge in [-0.2, -0.15) is 0 Å². The molecular weight excluding hydrogens is 352 g/mol. The molecule has 1 amide bonds. The maximum absolute atomic E-state index is 12.6. The number of hydrogen-bond acceptors (Lipinski definition) is 4. The third kappa shape index (κ3) is 4.47. The number of amides is 1. The lowest BCUT2D eigenvalue weighted by Gasteiger charge is -2.31. The average Bonchev–Trinajstić information content (AvgIpc) is 2.72. The van der Waals surface area contributed by atoms with Crippen LogP contribution in [0.1, 0.15) is 30.9 Å². The van der Waals surface area contributed by atoms with Crippen molar-refractivity contribution >= 4 is 5.91 Å². The molecular formula is C23H28N2O3. The van der Waals surface area contributed by atoms with Gasteiger partial charge in [0.15, 0.2) is 11.5 Å². The van der Waals surface area contributed by atoms with Crippen LogP contribution in [0.25, 0.3) is 0 Å². The zero-order chi connectivity index (χ0) is 19.3. The van der Waals surface area contributed by atoms with Crippen molar-refractivity contribution in [1.29, 1.82) is 0 Å². The van der Waals surface area contributed by atoms with E-state index >= 15 is 0 Å². The van der Waals surface area contributed by atoms with Gasteiger partial charge < -0.3 is 14.8 Å². The molecule has 0 bridgehead atoms. The Morgan fingerprint density at radius 1 is 1.11 bits per heavy atom. The first kappa shape index (κ1) is 18.8. The molecule has 4 rings (SSSR count). The Balaban J connectivity index is 1.35. The number of carbonyl (C=O) groups is 1. The number of carbonyl (C=O) groups excluding carboxylic acids is 1. The average molecular weight is 380 g/mol. The summed E-state index contributed by atoms with van der Waals surface area (Å²) >= 11 is 0. The highest BCUT2D eigenvalue weighted by atomic mass is 16.6. The highest BCUT2D eigenvalue weighted by Gasteiger charge is 2.27. The van der Waals surface area contributed by atoms with Crippen LogP contribution in [-0.4, -0.2) is 36.6 Å². The monoisotopic (exact) mass is 380 g/mol. The molecule has 148 valence electrons. The molecule has 0 radical (unpaired) electrons. The normalized spacial score (nSPS) is 21.9. The molecule has 5 heteroatoms. The number of fused-ring (bicyclic) bond motifs is 1. The summed E-state index contributed by atoms with van der Waals surface area (Å²) < 4.78 is 11.5. The molecule has 0 saturated carbocycles. The van der Waals surface area contributed by atoms with Gasteiger partial charge >= 0.3 is 0 Å². The zero-order valence-electron chi connectivity index (χ0n) is 16.4. The summed E-state index contributed by atoms with van der Waals surface area (Å²) in [6.45, 7) is 6.29. The molecule has 28 heavy (non-hydrogen) atoms. The van der Waals surface area contributed by atoms with Crippen molar-refractivity contribution in [2.75, 3.05) is 19.7 Å². The van der Waals surface area contributed by atoms with E-state index < -0.39 is 6.10 Å². The Labute approximate surface area is 166 Å². The predicted molar refractivity (Wildman–Crippen MR) is 108 cm³/mol.